The third kappa shape index (κ3) is 6.91. The minimum Gasteiger partial charge on any atom is -0.495 e. The highest BCUT2D eigenvalue weighted by atomic mass is 32.2. The molecule has 41 heavy (non-hydrogen) atoms. The van der Waals surface area contributed by atoms with Gasteiger partial charge in [0, 0.05) is 48.5 Å². The quantitative estimate of drug-likeness (QED) is 0.132. The van der Waals surface area contributed by atoms with Crippen LogP contribution < -0.4 is 15.4 Å². The second-order valence-electron chi connectivity index (χ2n) is 9.03. The monoisotopic (exact) mass is 576 g/mol. The number of carbonyl (C=O) groups excluding carboxylic acids is 3. The molecule has 0 spiro atoms. The van der Waals surface area contributed by atoms with Crippen molar-refractivity contribution in [1.29, 1.82) is 0 Å². The molecule has 11 nitrogen and oxygen atoms in total. The number of benzene rings is 3. The van der Waals surface area contributed by atoms with Gasteiger partial charge in [-0.3, -0.25) is 29.4 Å². The Balaban J connectivity index is 1.55. The van der Waals surface area contributed by atoms with Crippen LogP contribution in [0.25, 0.3) is 0 Å². The topological polar surface area (TPSA) is 140 Å². The molecule has 3 amide bonds. The highest BCUT2D eigenvalue weighted by Crippen LogP contribution is 2.38. The highest BCUT2D eigenvalue weighted by Gasteiger charge is 2.39. The summed E-state index contributed by atoms with van der Waals surface area (Å²) < 4.78 is 10.5. The standard InChI is InChI=1S/C29H28N4O7S/c1-18-5-14-24(40-3)23(17-18)31-25-26(29(36)32(28(25)35)15-4-16-39-2)41-22-12-8-20(9-13-22)30-27(34)19-6-10-21(11-7-19)33(37)38/h5-14,17,31H,4,15-16H2,1-3H3,(H,30,34). The summed E-state index contributed by atoms with van der Waals surface area (Å²) >= 11 is 1.14. The second-order valence-corrected chi connectivity index (χ2v) is 10.1. The number of hydrogen-bond acceptors (Lipinski definition) is 9. The number of aryl methyl sites for hydroxylation is 1. The number of imide groups is 1. The molecule has 1 heterocycles. The number of nitrogens with one attached hydrogen (secondary N) is 2. The molecule has 0 atom stereocenters. The Morgan fingerprint density at radius 2 is 1.71 bits per heavy atom. The second kappa shape index (κ2) is 13.1. The molecule has 0 saturated heterocycles. The van der Waals surface area contributed by atoms with Gasteiger partial charge in [0.1, 0.15) is 16.4 Å². The first-order valence-electron chi connectivity index (χ1n) is 12.6. The van der Waals surface area contributed by atoms with Crippen LogP contribution in [-0.2, 0) is 14.3 Å². The van der Waals surface area contributed by atoms with Gasteiger partial charge < -0.3 is 20.1 Å². The summed E-state index contributed by atoms with van der Waals surface area (Å²) in [6.45, 7) is 2.52. The summed E-state index contributed by atoms with van der Waals surface area (Å²) in [7, 11) is 3.09. The van der Waals surface area contributed by atoms with Crippen molar-refractivity contribution in [3.8, 4) is 5.75 Å². The van der Waals surface area contributed by atoms with Crippen LogP contribution in [0.15, 0.2) is 82.2 Å². The molecular weight excluding hydrogens is 548 g/mol. The molecule has 1 aliphatic heterocycles. The average Bonchev–Trinajstić information content (AvgIpc) is 3.18. The van der Waals surface area contributed by atoms with E-state index in [1.54, 1.807) is 37.4 Å². The predicted octanol–water partition coefficient (Wildman–Crippen LogP) is 4.99. The molecule has 0 bridgehead atoms. The van der Waals surface area contributed by atoms with E-state index in [0.29, 0.717) is 35.0 Å². The first kappa shape index (κ1) is 29.3. The molecule has 2 N–H and O–H groups in total. The molecule has 0 aliphatic carbocycles. The number of nitrogens with zero attached hydrogens (tertiary/aromatic N) is 2. The lowest BCUT2D eigenvalue weighted by molar-refractivity contribution is -0.384. The molecule has 3 aromatic rings. The molecule has 0 aromatic heterocycles. The molecule has 0 fully saturated rings. The summed E-state index contributed by atoms with van der Waals surface area (Å²) in [6, 6.07) is 17.6. The summed E-state index contributed by atoms with van der Waals surface area (Å²) in [5.41, 5.74) is 2.31. The minimum absolute atomic E-state index is 0.107. The lowest BCUT2D eigenvalue weighted by atomic mass is 10.2. The Morgan fingerprint density at radius 1 is 1.00 bits per heavy atom. The van der Waals surface area contributed by atoms with Gasteiger partial charge in [0.25, 0.3) is 23.4 Å². The normalized spacial score (nSPS) is 13.0. The maximum absolute atomic E-state index is 13.4. The van der Waals surface area contributed by atoms with E-state index in [-0.39, 0.29) is 28.4 Å². The lowest BCUT2D eigenvalue weighted by Gasteiger charge is -2.15. The maximum atomic E-state index is 13.4. The number of nitro groups is 1. The third-order valence-corrected chi connectivity index (χ3v) is 7.23. The number of amides is 3. The van der Waals surface area contributed by atoms with Gasteiger partial charge in [-0.15, -0.1) is 0 Å². The van der Waals surface area contributed by atoms with Crippen LogP contribution in [0.2, 0.25) is 0 Å². The number of nitro benzene ring substituents is 1. The Bertz CT molecular complexity index is 1500. The van der Waals surface area contributed by atoms with Crippen LogP contribution in [0, 0.1) is 17.0 Å². The van der Waals surface area contributed by atoms with Crippen molar-refractivity contribution >= 4 is 46.5 Å². The van der Waals surface area contributed by atoms with Crippen LogP contribution in [-0.4, -0.2) is 54.9 Å². The van der Waals surface area contributed by atoms with E-state index in [0.717, 1.165) is 17.3 Å². The van der Waals surface area contributed by atoms with E-state index in [2.05, 4.69) is 10.6 Å². The van der Waals surface area contributed by atoms with Crippen molar-refractivity contribution < 1.29 is 28.8 Å². The zero-order valence-corrected chi connectivity index (χ0v) is 23.4. The largest absolute Gasteiger partial charge is 0.495 e. The van der Waals surface area contributed by atoms with Gasteiger partial charge in [-0.25, -0.2) is 0 Å². The number of carbonyl (C=O) groups is 3. The van der Waals surface area contributed by atoms with Crippen LogP contribution in [0.5, 0.6) is 5.75 Å². The highest BCUT2D eigenvalue weighted by molar-refractivity contribution is 8.04. The molecule has 0 saturated carbocycles. The van der Waals surface area contributed by atoms with Crippen molar-refractivity contribution in [3.05, 3.63) is 98.6 Å². The van der Waals surface area contributed by atoms with Gasteiger partial charge >= 0.3 is 0 Å². The Labute approximate surface area is 240 Å². The van der Waals surface area contributed by atoms with E-state index in [1.807, 2.05) is 19.1 Å². The van der Waals surface area contributed by atoms with Gasteiger partial charge in [0.2, 0.25) is 0 Å². The molecule has 0 unspecified atom stereocenters. The SMILES string of the molecule is COCCCN1C(=O)C(Nc2cc(C)ccc2OC)=C(Sc2ccc(NC(=O)c3ccc([N+](=O)[O-])cc3)cc2)C1=O. The Morgan fingerprint density at radius 3 is 2.34 bits per heavy atom. The van der Waals surface area contributed by atoms with Crippen LogP contribution in [0.3, 0.4) is 0 Å². The fraction of sp³-hybridized carbons (Fsp3) is 0.207. The third-order valence-electron chi connectivity index (χ3n) is 6.14. The zero-order valence-electron chi connectivity index (χ0n) is 22.6. The lowest BCUT2D eigenvalue weighted by Crippen LogP contribution is -2.33. The predicted molar refractivity (Wildman–Crippen MR) is 155 cm³/mol. The van der Waals surface area contributed by atoms with Crippen molar-refractivity contribution in [2.75, 3.05) is 38.0 Å². The van der Waals surface area contributed by atoms with E-state index < -0.39 is 22.6 Å². The summed E-state index contributed by atoms with van der Waals surface area (Å²) in [5, 5.41) is 16.7. The van der Waals surface area contributed by atoms with Crippen molar-refractivity contribution in [2.24, 2.45) is 0 Å². The summed E-state index contributed by atoms with van der Waals surface area (Å²) in [6.07, 6.45) is 0.496. The van der Waals surface area contributed by atoms with Crippen molar-refractivity contribution in [1.82, 2.24) is 4.90 Å². The molecule has 3 aromatic carbocycles. The van der Waals surface area contributed by atoms with Crippen molar-refractivity contribution in [2.45, 2.75) is 18.2 Å². The molecule has 4 rings (SSSR count). The molecule has 1 aliphatic rings. The number of methoxy groups -OCH3 is 2. The Hall–Kier alpha value is -4.68. The minimum atomic E-state index is -0.534. The first-order chi connectivity index (χ1) is 19.7. The van der Waals surface area contributed by atoms with Gasteiger partial charge in [0.15, 0.2) is 0 Å². The van der Waals surface area contributed by atoms with E-state index in [9.17, 15) is 24.5 Å². The van der Waals surface area contributed by atoms with Crippen LogP contribution in [0.4, 0.5) is 17.1 Å². The average molecular weight is 577 g/mol. The molecule has 12 heteroatoms. The van der Waals surface area contributed by atoms with Crippen LogP contribution >= 0.6 is 11.8 Å². The number of ether oxygens (including phenoxy) is 2. The van der Waals surface area contributed by atoms with Gasteiger partial charge in [-0.05, 0) is 67.4 Å². The van der Waals surface area contributed by atoms with E-state index >= 15 is 0 Å². The maximum Gasteiger partial charge on any atom is 0.278 e. The number of hydrogen-bond donors (Lipinski definition) is 2. The summed E-state index contributed by atoms with van der Waals surface area (Å²) in [5.74, 6) is -0.756. The number of rotatable bonds is 12. The molecule has 212 valence electrons. The Kier molecular flexibility index (Phi) is 9.37. The zero-order chi connectivity index (χ0) is 29.5. The van der Waals surface area contributed by atoms with Crippen molar-refractivity contribution in [3.63, 3.8) is 0 Å². The molecular formula is C29H28N4O7S. The van der Waals surface area contributed by atoms with Gasteiger partial charge in [-0.1, -0.05) is 17.8 Å². The number of thioether (sulfide) groups is 1. The van der Waals surface area contributed by atoms with E-state index in [4.69, 9.17) is 9.47 Å². The van der Waals surface area contributed by atoms with Gasteiger partial charge in [-0.2, -0.15) is 0 Å². The number of anilines is 2. The fourth-order valence-corrected chi connectivity index (χ4v) is 4.99. The summed E-state index contributed by atoms with van der Waals surface area (Å²) in [4.78, 5) is 51.7. The first-order valence-corrected chi connectivity index (χ1v) is 13.4. The van der Waals surface area contributed by atoms with E-state index in [1.165, 1.54) is 36.3 Å². The van der Waals surface area contributed by atoms with Gasteiger partial charge in [0.05, 0.1) is 17.7 Å². The number of non-ortho nitro benzene ring substituents is 1. The smallest absolute Gasteiger partial charge is 0.278 e. The molecule has 0 radical (unpaired) electrons. The van der Waals surface area contributed by atoms with Crippen LogP contribution in [0.1, 0.15) is 22.3 Å². The fourth-order valence-electron chi connectivity index (χ4n) is 4.04.